The van der Waals surface area contributed by atoms with Crippen LogP contribution in [0.15, 0.2) is 0 Å². The van der Waals surface area contributed by atoms with Crippen molar-refractivity contribution in [3.8, 4) is 0 Å². The molecule has 0 fully saturated rings. The summed E-state index contributed by atoms with van der Waals surface area (Å²) in [7, 11) is 0. The van der Waals surface area contributed by atoms with Gasteiger partial charge in [0.25, 0.3) is 0 Å². The van der Waals surface area contributed by atoms with Crippen LogP contribution in [-0.4, -0.2) is 23.6 Å². The van der Waals surface area contributed by atoms with Crippen LogP contribution in [0.3, 0.4) is 0 Å². The summed E-state index contributed by atoms with van der Waals surface area (Å²) in [4.78, 5) is 10.8. The van der Waals surface area contributed by atoms with E-state index >= 15 is 0 Å². The molecule has 0 atom stereocenters. The standard InChI is InChI=1S/C7H14O2S/c1-7(2,3)9-6(8)5-10-4/h5H2,1-4H3. The lowest BCUT2D eigenvalue weighted by atomic mass is 10.2. The van der Waals surface area contributed by atoms with Gasteiger partial charge in [0.05, 0.1) is 5.75 Å². The highest BCUT2D eigenvalue weighted by molar-refractivity contribution is 7.99. The highest BCUT2D eigenvalue weighted by Crippen LogP contribution is 2.08. The lowest BCUT2D eigenvalue weighted by Crippen LogP contribution is -2.24. The van der Waals surface area contributed by atoms with Crippen molar-refractivity contribution in [2.75, 3.05) is 12.0 Å². The quantitative estimate of drug-likeness (QED) is 0.578. The van der Waals surface area contributed by atoms with Crippen molar-refractivity contribution in [1.82, 2.24) is 0 Å². The minimum Gasteiger partial charge on any atom is -0.459 e. The fourth-order valence-electron chi connectivity index (χ4n) is 0.489. The van der Waals surface area contributed by atoms with Gasteiger partial charge in [-0.2, -0.15) is 11.8 Å². The van der Waals surface area contributed by atoms with E-state index in [9.17, 15) is 4.79 Å². The van der Waals surface area contributed by atoms with E-state index in [1.165, 1.54) is 11.8 Å². The van der Waals surface area contributed by atoms with Gasteiger partial charge in [0.2, 0.25) is 0 Å². The molecule has 0 radical (unpaired) electrons. The predicted molar refractivity (Wildman–Crippen MR) is 44.2 cm³/mol. The molecule has 0 N–H and O–H groups in total. The van der Waals surface area contributed by atoms with E-state index in [0.29, 0.717) is 5.75 Å². The molecule has 2 nitrogen and oxygen atoms in total. The number of carbonyl (C=O) groups excluding carboxylic acids is 1. The van der Waals surface area contributed by atoms with Gasteiger partial charge in [0.1, 0.15) is 5.60 Å². The molecule has 0 saturated heterocycles. The first-order chi connectivity index (χ1) is 4.45. The summed E-state index contributed by atoms with van der Waals surface area (Å²) in [6.07, 6.45) is 1.88. The third kappa shape index (κ3) is 5.95. The number of hydrogen-bond acceptors (Lipinski definition) is 3. The third-order valence-corrected chi connectivity index (χ3v) is 1.21. The van der Waals surface area contributed by atoms with Crippen LogP contribution < -0.4 is 0 Å². The second kappa shape index (κ2) is 3.86. The van der Waals surface area contributed by atoms with Crippen molar-refractivity contribution in [3.63, 3.8) is 0 Å². The van der Waals surface area contributed by atoms with Crippen molar-refractivity contribution < 1.29 is 9.53 Å². The molecule has 60 valence electrons. The molecular formula is C7H14O2S. The number of carbonyl (C=O) groups is 1. The van der Waals surface area contributed by atoms with Crippen LogP contribution in [0, 0.1) is 0 Å². The van der Waals surface area contributed by atoms with Gasteiger partial charge in [-0.15, -0.1) is 0 Å². The Morgan fingerprint density at radius 3 is 2.30 bits per heavy atom. The van der Waals surface area contributed by atoms with Crippen molar-refractivity contribution >= 4 is 17.7 Å². The first-order valence-electron chi connectivity index (χ1n) is 3.16. The van der Waals surface area contributed by atoms with Crippen LogP contribution in [0.2, 0.25) is 0 Å². The average Bonchev–Trinajstić information content (AvgIpc) is 1.59. The average molecular weight is 162 g/mol. The summed E-state index contributed by atoms with van der Waals surface area (Å²) in [6.45, 7) is 5.60. The first-order valence-corrected chi connectivity index (χ1v) is 4.56. The second-order valence-electron chi connectivity index (χ2n) is 3.02. The monoisotopic (exact) mass is 162 g/mol. The van der Waals surface area contributed by atoms with Gasteiger partial charge in [-0.3, -0.25) is 4.79 Å². The second-order valence-corrected chi connectivity index (χ2v) is 3.89. The third-order valence-electron chi connectivity index (χ3n) is 0.682. The van der Waals surface area contributed by atoms with E-state index in [1.54, 1.807) is 0 Å². The molecule has 0 aliphatic carbocycles. The Bertz CT molecular complexity index is 115. The van der Waals surface area contributed by atoms with Crippen LogP contribution in [0.25, 0.3) is 0 Å². The Labute approximate surface area is 66.3 Å². The summed E-state index contributed by atoms with van der Waals surface area (Å²) in [5.74, 6) is 0.303. The molecule has 0 amide bonds. The Kier molecular flexibility index (Phi) is 3.79. The highest BCUT2D eigenvalue weighted by Gasteiger charge is 2.14. The molecule has 0 heterocycles. The Balaban J connectivity index is 3.58. The molecule has 0 aliphatic heterocycles. The number of rotatable bonds is 2. The van der Waals surface area contributed by atoms with Gasteiger partial charge < -0.3 is 4.74 Å². The Hall–Kier alpha value is -0.180. The molecule has 0 bridgehead atoms. The molecule has 0 aliphatic rings. The molecule has 10 heavy (non-hydrogen) atoms. The minimum absolute atomic E-state index is 0.139. The van der Waals surface area contributed by atoms with Crippen LogP contribution in [0.1, 0.15) is 20.8 Å². The van der Waals surface area contributed by atoms with Gasteiger partial charge in [-0.25, -0.2) is 0 Å². The lowest BCUT2D eigenvalue weighted by Gasteiger charge is -2.18. The van der Waals surface area contributed by atoms with E-state index < -0.39 is 0 Å². The van der Waals surface area contributed by atoms with Crippen molar-refractivity contribution in [2.45, 2.75) is 26.4 Å². The molecule has 0 aromatic rings. The summed E-state index contributed by atoms with van der Waals surface area (Å²) < 4.78 is 5.02. The fraction of sp³-hybridized carbons (Fsp3) is 0.857. The fourth-order valence-corrected chi connectivity index (χ4v) is 0.783. The zero-order valence-corrected chi connectivity index (χ0v) is 7.75. The predicted octanol–water partition coefficient (Wildman–Crippen LogP) is 1.69. The van der Waals surface area contributed by atoms with Crippen LogP contribution in [0.4, 0.5) is 0 Å². The van der Waals surface area contributed by atoms with Crippen LogP contribution >= 0.6 is 11.8 Å². The molecule has 0 unspecified atom stereocenters. The van der Waals surface area contributed by atoms with E-state index in [-0.39, 0.29) is 11.6 Å². The van der Waals surface area contributed by atoms with E-state index in [2.05, 4.69) is 0 Å². The number of thioether (sulfide) groups is 1. The maximum Gasteiger partial charge on any atom is 0.316 e. The Morgan fingerprint density at radius 1 is 1.50 bits per heavy atom. The van der Waals surface area contributed by atoms with E-state index in [1.807, 2.05) is 27.0 Å². The maximum absolute atomic E-state index is 10.8. The number of hydrogen-bond donors (Lipinski definition) is 0. The normalized spacial score (nSPS) is 11.2. The largest absolute Gasteiger partial charge is 0.459 e. The van der Waals surface area contributed by atoms with Gasteiger partial charge in [-0.05, 0) is 27.0 Å². The highest BCUT2D eigenvalue weighted by atomic mass is 32.2. The summed E-state index contributed by atoms with van der Waals surface area (Å²) in [6, 6.07) is 0. The van der Waals surface area contributed by atoms with Gasteiger partial charge in [0.15, 0.2) is 0 Å². The topological polar surface area (TPSA) is 26.3 Å². The van der Waals surface area contributed by atoms with Crippen molar-refractivity contribution in [1.29, 1.82) is 0 Å². The van der Waals surface area contributed by atoms with Gasteiger partial charge in [0, 0.05) is 0 Å². The number of esters is 1. The summed E-state index contributed by atoms with van der Waals surface area (Å²) >= 11 is 1.48. The molecule has 0 spiro atoms. The van der Waals surface area contributed by atoms with Crippen LogP contribution in [-0.2, 0) is 9.53 Å². The van der Waals surface area contributed by atoms with Crippen LogP contribution in [0.5, 0.6) is 0 Å². The number of ether oxygens (including phenoxy) is 1. The molecule has 0 saturated carbocycles. The summed E-state index contributed by atoms with van der Waals surface area (Å²) in [5, 5.41) is 0. The van der Waals surface area contributed by atoms with Crippen molar-refractivity contribution in [2.24, 2.45) is 0 Å². The molecule has 0 rings (SSSR count). The van der Waals surface area contributed by atoms with Crippen molar-refractivity contribution in [3.05, 3.63) is 0 Å². The smallest absolute Gasteiger partial charge is 0.316 e. The lowest BCUT2D eigenvalue weighted by molar-refractivity contribution is -0.151. The van der Waals surface area contributed by atoms with E-state index in [4.69, 9.17) is 4.74 Å². The zero-order valence-electron chi connectivity index (χ0n) is 6.93. The zero-order chi connectivity index (χ0) is 8.20. The SMILES string of the molecule is CSCC(=O)OC(C)(C)C. The van der Waals surface area contributed by atoms with Gasteiger partial charge in [-0.1, -0.05) is 0 Å². The maximum atomic E-state index is 10.8. The summed E-state index contributed by atoms with van der Waals surface area (Å²) in [5.41, 5.74) is -0.340. The van der Waals surface area contributed by atoms with Gasteiger partial charge >= 0.3 is 5.97 Å². The Morgan fingerprint density at radius 2 is 2.00 bits per heavy atom. The molecule has 3 heteroatoms. The molecule has 0 aromatic heterocycles. The van der Waals surface area contributed by atoms with E-state index in [0.717, 1.165) is 0 Å². The molecule has 0 aromatic carbocycles. The minimum atomic E-state index is -0.340. The first kappa shape index (κ1) is 9.82. The molecular weight excluding hydrogens is 148 g/mol.